The molecule has 0 amide bonds. The second kappa shape index (κ2) is 7.78. The Morgan fingerprint density at radius 2 is 1.70 bits per heavy atom. The molecule has 0 atom stereocenters. The van der Waals surface area contributed by atoms with E-state index in [1.54, 1.807) is 4.90 Å². The largest absolute Gasteiger partial charge is 0.454 e. The summed E-state index contributed by atoms with van der Waals surface area (Å²) in [7, 11) is 0. The van der Waals surface area contributed by atoms with Crippen LogP contribution in [0, 0.1) is 13.8 Å². The molecule has 2 N–H and O–H groups in total. The number of hydrogen-bond acceptors (Lipinski definition) is 3. The van der Waals surface area contributed by atoms with Crippen molar-refractivity contribution < 1.29 is 24.1 Å². The molecule has 6 heteroatoms. The summed E-state index contributed by atoms with van der Waals surface area (Å²) < 4.78 is 12.8. The number of para-hydroxylation sites is 1. The van der Waals surface area contributed by atoms with Crippen LogP contribution in [-0.4, -0.2) is 50.0 Å². The number of carbonyl (C=O) groups excluding carboxylic acids is 1. The normalized spacial score (nSPS) is 20.6. The molecular formula is C24H29N3O3+2. The first-order chi connectivity index (χ1) is 14.6. The smallest absolute Gasteiger partial charge is 0.286 e. The molecule has 156 valence electrons. The number of ether oxygens (including phenoxy) is 2. The fourth-order valence-corrected chi connectivity index (χ4v) is 4.79. The van der Waals surface area contributed by atoms with Crippen molar-refractivity contribution in [1.82, 2.24) is 4.57 Å². The van der Waals surface area contributed by atoms with E-state index in [0.717, 1.165) is 55.4 Å². The van der Waals surface area contributed by atoms with Gasteiger partial charge in [0.05, 0.1) is 5.52 Å². The van der Waals surface area contributed by atoms with Gasteiger partial charge in [-0.25, -0.2) is 0 Å². The highest BCUT2D eigenvalue weighted by molar-refractivity contribution is 5.96. The quantitative estimate of drug-likeness (QED) is 0.667. The van der Waals surface area contributed by atoms with Crippen LogP contribution in [0.25, 0.3) is 10.9 Å². The molecule has 3 heterocycles. The average Bonchev–Trinajstić information content (AvgIpc) is 3.32. The molecule has 0 bridgehead atoms. The lowest BCUT2D eigenvalue weighted by molar-refractivity contribution is -1.02. The fraction of sp³-hybridized carbons (Fsp3) is 0.375. The minimum atomic E-state index is 0.200. The van der Waals surface area contributed by atoms with Gasteiger partial charge in [0.25, 0.3) is 5.91 Å². The van der Waals surface area contributed by atoms with Gasteiger partial charge in [0.1, 0.15) is 32.7 Å². The first-order valence-electron chi connectivity index (χ1n) is 10.8. The number of rotatable bonds is 4. The molecular weight excluding hydrogens is 378 g/mol. The first kappa shape index (κ1) is 19.2. The maximum Gasteiger partial charge on any atom is 0.286 e. The Morgan fingerprint density at radius 3 is 2.53 bits per heavy atom. The summed E-state index contributed by atoms with van der Waals surface area (Å²) in [5.74, 6) is 1.89. The molecule has 1 fully saturated rings. The lowest BCUT2D eigenvalue weighted by Crippen LogP contribution is -3.28. The zero-order valence-corrected chi connectivity index (χ0v) is 17.7. The van der Waals surface area contributed by atoms with Gasteiger partial charge in [-0.05, 0) is 43.7 Å². The van der Waals surface area contributed by atoms with Crippen molar-refractivity contribution in [3.63, 3.8) is 0 Å². The van der Waals surface area contributed by atoms with Crippen molar-refractivity contribution in [3.8, 4) is 11.5 Å². The molecule has 30 heavy (non-hydrogen) atoms. The van der Waals surface area contributed by atoms with Crippen LogP contribution >= 0.6 is 0 Å². The van der Waals surface area contributed by atoms with Crippen molar-refractivity contribution in [2.45, 2.75) is 20.4 Å². The topological polar surface area (TPSA) is 49.3 Å². The zero-order valence-electron chi connectivity index (χ0n) is 17.7. The number of nitrogens with one attached hydrogen (secondary N) is 2. The fourth-order valence-electron chi connectivity index (χ4n) is 4.79. The summed E-state index contributed by atoms with van der Waals surface area (Å²) in [6.45, 7) is 10.2. The van der Waals surface area contributed by atoms with Crippen LogP contribution in [0.4, 0.5) is 0 Å². The Labute approximate surface area is 176 Å². The number of aryl methyl sites for hydroxylation is 1. The van der Waals surface area contributed by atoms with Crippen LogP contribution in [0.2, 0.25) is 0 Å². The van der Waals surface area contributed by atoms with Gasteiger partial charge in [-0.3, -0.25) is 9.36 Å². The summed E-state index contributed by atoms with van der Waals surface area (Å²) in [6.07, 6.45) is 0. The van der Waals surface area contributed by atoms with E-state index >= 15 is 0 Å². The number of aromatic nitrogens is 1. The average molecular weight is 408 g/mol. The predicted octanol–water partition coefficient (Wildman–Crippen LogP) is 0.611. The molecule has 0 radical (unpaired) electrons. The number of benzene rings is 2. The molecule has 3 aromatic rings. The number of quaternary nitrogens is 2. The van der Waals surface area contributed by atoms with Crippen molar-refractivity contribution in [2.75, 3.05) is 39.5 Å². The Balaban J connectivity index is 1.21. The molecule has 2 aliphatic rings. The summed E-state index contributed by atoms with van der Waals surface area (Å²) in [4.78, 5) is 16.1. The van der Waals surface area contributed by atoms with E-state index in [1.165, 1.54) is 21.4 Å². The van der Waals surface area contributed by atoms with Crippen molar-refractivity contribution in [2.24, 2.45) is 0 Å². The van der Waals surface area contributed by atoms with Crippen LogP contribution < -0.4 is 19.3 Å². The second-order valence-electron chi connectivity index (χ2n) is 8.50. The summed E-state index contributed by atoms with van der Waals surface area (Å²) in [6, 6.07) is 14.4. The summed E-state index contributed by atoms with van der Waals surface area (Å²) in [5, 5.41) is 1.18. The van der Waals surface area contributed by atoms with Gasteiger partial charge in [-0.1, -0.05) is 18.2 Å². The minimum absolute atomic E-state index is 0.200. The van der Waals surface area contributed by atoms with Crippen LogP contribution in [0.3, 0.4) is 0 Å². The number of fused-ring (bicyclic) bond motifs is 2. The maximum absolute atomic E-state index is 13.2. The van der Waals surface area contributed by atoms with E-state index in [0.29, 0.717) is 13.3 Å². The van der Waals surface area contributed by atoms with Gasteiger partial charge in [-0.15, -0.1) is 0 Å². The molecule has 1 aromatic heterocycles. The second-order valence-corrected chi connectivity index (χ2v) is 8.50. The van der Waals surface area contributed by atoms with Gasteiger partial charge < -0.3 is 19.3 Å². The lowest BCUT2D eigenvalue weighted by Gasteiger charge is -2.29. The van der Waals surface area contributed by atoms with E-state index in [-0.39, 0.29) is 5.91 Å². The standard InChI is InChI=1S/C24H27N3O3/c1-17-18(2)27(21-6-4-3-5-20(17)21)24(28)15-26-11-9-25(10-12-26)14-19-7-8-22-23(13-19)30-16-29-22/h3-8,13H,9-12,14-16H2,1-2H3/p+2. The molecule has 6 nitrogen and oxygen atoms in total. The molecule has 2 aliphatic heterocycles. The maximum atomic E-state index is 13.2. The monoisotopic (exact) mass is 407 g/mol. The number of nitrogens with zero attached hydrogens (tertiary/aromatic N) is 1. The van der Waals surface area contributed by atoms with E-state index < -0.39 is 0 Å². The van der Waals surface area contributed by atoms with Crippen LogP contribution in [0.5, 0.6) is 11.5 Å². The van der Waals surface area contributed by atoms with E-state index in [9.17, 15) is 4.79 Å². The molecule has 0 saturated carbocycles. The zero-order chi connectivity index (χ0) is 20.7. The van der Waals surface area contributed by atoms with Crippen molar-refractivity contribution >= 4 is 16.8 Å². The molecule has 0 aliphatic carbocycles. The Kier molecular flexibility index (Phi) is 4.97. The number of carbonyl (C=O) groups is 1. The van der Waals surface area contributed by atoms with Crippen LogP contribution in [-0.2, 0) is 6.54 Å². The van der Waals surface area contributed by atoms with Gasteiger partial charge in [0.2, 0.25) is 6.79 Å². The minimum Gasteiger partial charge on any atom is -0.454 e. The Morgan fingerprint density at radius 1 is 0.967 bits per heavy atom. The van der Waals surface area contributed by atoms with Crippen LogP contribution in [0.15, 0.2) is 42.5 Å². The van der Waals surface area contributed by atoms with Gasteiger partial charge in [-0.2, -0.15) is 0 Å². The molecule has 1 saturated heterocycles. The molecule has 0 spiro atoms. The van der Waals surface area contributed by atoms with Crippen LogP contribution in [0.1, 0.15) is 21.6 Å². The third kappa shape index (κ3) is 3.46. The van der Waals surface area contributed by atoms with E-state index in [1.807, 2.05) is 22.8 Å². The summed E-state index contributed by atoms with van der Waals surface area (Å²) >= 11 is 0. The first-order valence-corrected chi connectivity index (χ1v) is 10.8. The third-order valence-electron chi connectivity index (χ3n) is 6.63. The predicted molar refractivity (Wildman–Crippen MR) is 115 cm³/mol. The van der Waals surface area contributed by atoms with Gasteiger partial charge in [0, 0.05) is 16.6 Å². The highest BCUT2D eigenvalue weighted by Gasteiger charge is 2.27. The number of hydrogen-bond donors (Lipinski definition) is 2. The molecule has 0 unspecified atom stereocenters. The Hall–Kier alpha value is -2.83. The molecule has 2 aromatic carbocycles. The van der Waals surface area contributed by atoms with E-state index in [4.69, 9.17) is 9.47 Å². The SMILES string of the molecule is Cc1c(C)n(C(=O)C[NH+]2CC[NH+](Cc3ccc4c(c3)OCO4)CC2)c2ccccc12. The Bertz CT molecular complexity index is 1100. The third-order valence-corrected chi connectivity index (χ3v) is 6.63. The van der Waals surface area contributed by atoms with E-state index in [2.05, 4.69) is 38.1 Å². The van der Waals surface area contributed by atoms with Gasteiger partial charge >= 0.3 is 0 Å². The van der Waals surface area contributed by atoms with Crippen molar-refractivity contribution in [3.05, 3.63) is 59.3 Å². The molecule has 5 rings (SSSR count). The summed E-state index contributed by atoms with van der Waals surface area (Å²) in [5.41, 5.74) is 4.57. The van der Waals surface area contributed by atoms with Gasteiger partial charge in [0.15, 0.2) is 18.0 Å². The lowest BCUT2D eigenvalue weighted by atomic mass is 10.1. The highest BCUT2D eigenvalue weighted by Crippen LogP contribution is 2.32. The highest BCUT2D eigenvalue weighted by atomic mass is 16.7. The van der Waals surface area contributed by atoms with Crippen molar-refractivity contribution in [1.29, 1.82) is 0 Å². The number of piperazine rings is 1.